The predicted molar refractivity (Wildman–Crippen MR) is 138 cm³/mol. The molecule has 2 aliphatic heterocycles. The summed E-state index contributed by atoms with van der Waals surface area (Å²) in [6.07, 6.45) is 0.738. The number of nitrogens with zero attached hydrogens (tertiary/aromatic N) is 4. The number of methoxy groups -OCH3 is 1. The fourth-order valence-electron chi connectivity index (χ4n) is 4.91. The van der Waals surface area contributed by atoms with E-state index in [-0.39, 0.29) is 16.6 Å². The van der Waals surface area contributed by atoms with E-state index in [1.807, 2.05) is 9.80 Å². The van der Waals surface area contributed by atoms with Gasteiger partial charge in [-0.3, -0.25) is 9.47 Å². The Bertz CT molecular complexity index is 1390. The van der Waals surface area contributed by atoms with Crippen molar-refractivity contribution >= 4 is 40.1 Å². The molecule has 2 unspecified atom stereocenters. The third-order valence-corrected chi connectivity index (χ3v) is 8.18. The molecule has 1 saturated heterocycles. The van der Waals surface area contributed by atoms with E-state index in [0.717, 1.165) is 6.07 Å². The van der Waals surface area contributed by atoms with Crippen LogP contribution in [0.3, 0.4) is 0 Å². The molecule has 1 aromatic heterocycles. The van der Waals surface area contributed by atoms with E-state index in [1.54, 1.807) is 17.7 Å². The predicted octanol–water partition coefficient (Wildman–Crippen LogP) is 3.91. The molecule has 2 aliphatic rings. The van der Waals surface area contributed by atoms with Crippen LogP contribution in [-0.2, 0) is 4.74 Å². The summed E-state index contributed by atoms with van der Waals surface area (Å²) in [5, 5.41) is 11.1. The van der Waals surface area contributed by atoms with Gasteiger partial charge in [0.1, 0.15) is 23.7 Å². The standard InChI is InChI=1S/C25H25ClF2N4O3S/c1-3-20(33)30-6-8-31(9-7-30)24-17-11-18(26)21(16-5-4-14(27)10-19(16)28)23-22(17)32(25(34)29-24)15(12-35-2)13-36-23/h3-5,10-11,15,20,33H,1,6-9,12-13H2,2H3. The lowest BCUT2D eigenvalue weighted by atomic mass is 10.0. The van der Waals surface area contributed by atoms with Crippen molar-refractivity contribution in [2.24, 2.45) is 0 Å². The van der Waals surface area contributed by atoms with Gasteiger partial charge >= 0.3 is 5.69 Å². The molecule has 2 atom stereocenters. The Morgan fingerprint density at radius 1 is 1.31 bits per heavy atom. The van der Waals surface area contributed by atoms with Crippen LogP contribution < -0.4 is 10.6 Å². The Balaban J connectivity index is 1.72. The van der Waals surface area contributed by atoms with Crippen LogP contribution in [0.4, 0.5) is 14.6 Å². The normalized spacial score (nSPS) is 19.0. The van der Waals surface area contributed by atoms with Crippen molar-refractivity contribution in [2.75, 3.05) is 50.5 Å². The van der Waals surface area contributed by atoms with Crippen LogP contribution in [0.25, 0.3) is 22.0 Å². The molecule has 0 saturated carbocycles. The number of piperazine rings is 1. The summed E-state index contributed by atoms with van der Waals surface area (Å²) in [4.78, 5) is 22.4. The van der Waals surface area contributed by atoms with E-state index in [9.17, 15) is 18.7 Å². The third-order valence-electron chi connectivity index (χ3n) is 6.64. The summed E-state index contributed by atoms with van der Waals surface area (Å²) in [6, 6.07) is 4.82. The lowest BCUT2D eigenvalue weighted by Gasteiger charge is -2.38. The zero-order valence-electron chi connectivity index (χ0n) is 19.6. The van der Waals surface area contributed by atoms with E-state index >= 15 is 0 Å². The van der Waals surface area contributed by atoms with Gasteiger partial charge in [0, 0.05) is 66.5 Å². The number of aliphatic hydroxyl groups is 1. The second-order valence-corrected chi connectivity index (χ2v) is 10.2. The molecule has 3 heterocycles. The molecule has 3 aromatic rings. The minimum absolute atomic E-state index is 0.167. The molecule has 190 valence electrons. The van der Waals surface area contributed by atoms with Gasteiger partial charge in [-0.15, -0.1) is 11.8 Å². The van der Waals surface area contributed by atoms with Crippen LogP contribution in [0, 0.1) is 11.6 Å². The zero-order chi connectivity index (χ0) is 25.6. The number of benzene rings is 2. The van der Waals surface area contributed by atoms with Gasteiger partial charge in [0.25, 0.3) is 0 Å². The van der Waals surface area contributed by atoms with Crippen molar-refractivity contribution in [2.45, 2.75) is 17.2 Å². The molecule has 0 aliphatic carbocycles. The fourth-order valence-corrected chi connectivity index (χ4v) is 6.58. The van der Waals surface area contributed by atoms with E-state index < -0.39 is 23.6 Å². The van der Waals surface area contributed by atoms with Gasteiger partial charge in [0.2, 0.25) is 0 Å². The maximum Gasteiger partial charge on any atom is 0.350 e. The van der Waals surface area contributed by atoms with Gasteiger partial charge in [0.05, 0.1) is 23.2 Å². The van der Waals surface area contributed by atoms with Crippen LogP contribution in [0.15, 0.2) is 46.6 Å². The summed E-state index contributed by atoms with van der Waals surface area (Å²) in [6.45, 7) is 6.13. The Labute approximate surface area is 215 Å². The summed E-state index contributed by atoms with van der Waals surface area (Å²) < 4.78 is 35.5. The van der Waals surface area contributed by atoms with E-state index in [0.29, 0.717) is 65.7 Å². The van der Waals surface area contributed by atoms with E-state index in [1.165, 1.54) is 30.0 Å². The Hall–Kier alpha value is -2.50. The van der Waals surface area contributed by atoms with Crippen LogP contribution in [0.1, 0.15) is 6.04 Å². The van der Waals surface area contributed by atoms with Gasteiger partial charge in [-0.2, -0.15) is 4.98 Å². The van der Waals surface area contributed by atoms with Crippen molar-refractivity contribution in [3.63, 3.8) is 0 Å². The van der Waals surface area contributed by atoms with Crippen molar-refractivity contribution in [3.8, 4) is 11.1 Å². The molecule has 1 fully saturated rings. The number of ether oxygens (including phenoxy) is 1. The maximum absolute atomic E-state index is 14.9. The monoisotopic (exact) mass is 534 g/mol. The second-order valence-electron chi connectivity index (χ2n) is 8.76. The van der Waals surface area contributed by atoms with Crippen molar-refractivity contribution in [3.05, 3.63) is 64.1 Å². The number of hydrogen-bond donors (Lipinski definition) is 1. The van der Waals surface area contributed by atoms with Gasteiger partial charge in [0.15, 0.2) is 0 Å². The fraction of sp³-hybridized carbons (Fsp3) is 0.360. The summed E-state index contributed by atoms with van der Waals surface area (Å²) in [5.74, 6) is -0.414. The van der Waals surface area contributed by atoms with Crippen LogP contribution in [0.2, 0.25) is 5.02 Å². The Morgan fingerprint density at radius 3 is 2.72 bits per heavy atom. The first-order valence-corrected chi connectivity index (χ1v) is 12.9. The molecule has 7 nitrogen and oxygen atoms in total. The van der Waals surface area contributed by atoms with Crippen molar-refractivity contribution in [1.82, 2.24) is 14.5 Å². The highest BCUT2D eigenvalue weighted by molar-refractivity contribution is 7.99. The van der Waals surface area contributed by atoms with Crippen LogP contribution in [-0.4, -0.2) is 71.4 Å². The highest BCUT2D eigenvalue weighted by atomic mass is 35.5. The molecule has 0 bridgehead atoms. The molecule has 0 amide bonds. The first kappa shape index (κ1) is 25.2. The smallest absolute Gasteiger partial charge is 0.350 e. The number of anilines is 1. The first-order valence-electron chi connectivity index (χ1n) is 11.5. The topological polar surface area (TPSA) is 70.8 Å². The van der Waals surface area contributed by atoms with Gasteiger partial charge < -0.3 is 14.7 Å². The van der Waals surface area contributed by atoms with Gasteiger partial charge in [-0.05, 0) is 24.3 Å². The number of hydrogen-bond acceptors (Lipinski definition) is 7. The first-order chi connectivity index (χ1) is 17.3. The zero-order valence-corrected chi connectivity index (χ0v) is 21.2. The summed E-state index contributed by atoms with van der Waals surface area (Å²) in [5.41, 5.74) is 0.773. The van der Waals surface area contributed by atoms with Crippen LogP contribution in [0.5, 0.6) is 0 Å². The Kier molecular flexibility index (Phi) is 7.06. The average Bonchev–Trinajstić information content (AvgIpc) is 2.87. The van der Waals surface area contributed by atoms with Crippen molar-refractivity contribution < 1.29 is 18.6 Å². The Morgan fingerprint density at radius 2 is 2.06 bits per heavy atom. The summed E-state index contributed by atoms with van der Waals surface area (Å²) in [7, 11) is 1.57. The third kappa shape index (κ3) is 4.31. The second kappa shape index (κ2) is 10.1. The van der Waals surface area contributed by atoms with E-state index in [4.69, 9.17) is 16.3 Å². The van der Waals surface area contributed by atoms with E-state index in [2.05, 4.69) is 11.6 Å². The highest BCUT2D eigenvalue weighted by Gasteiger charge is 2.32. The molecule has 0 spiro atoms. The SMILES string of the molecule is C=CC(O)N1CCN(c2nc(=O)n3c4c(c(-c5ccc(F)cc5F)c(Cl)cc24)SCC3COC)CC1. The number of aliphatic hydroxyl groups excluding tert-OH is 1. The van der Waals surface area contributed by atoms with Gasteiger partial charge in [-0.25, -0.2) is 13.6 Å². The molecular weight excluding hydrogens is 510 g/mol. The average molecular weight is 535 g/mol. The molecule has 0 radical (unpaired) electrons. The summed E-state index contributed by atoms with van der Waals surface area (Å²) >= 11 is 8.22. The van der Waals surface area contributed by atoms with Crippen LogP contribution >= 0.6 is 23.4 Å². The largest absolute Gasteiger partial charge is 0.383 e. The minimum atomic E-state index is -0.740. The molecule has 5 rings (SSSR count). The molecule has 1 N–H and O–H groups in total. The molecular formula is C25H25ClF2N4O3S. The lowest BCUT2D eigenvalue weighted by molar-refractivity contribution is 0.0380. The number of thioether (sulfide) groups is 1. The molecule has 36 heavy (non-hydrogen) atoms. The minimum Gasteiger partial charge on any atom is -0.383 e. The highest BCUT2D eigenvalue weighted by Crippen LogP contribution is 2.48. The number of halogens is 3. The molecule has 11 heteroatoms. The lowest BCUT2D eigenvalue weighted by Crippen LogP contribution is -2.50. The van der Waals surface area contributed by atoms with Gasteiger partial charge in [-0.1, -0.05) is 18.2 Å². The van der Waals surface area contributed by atoms with Crippen molar-refractivity contribution in [1.29, 1.82) is 0 Å². The quantitative estimate of drug-likeness (QED) is 0.481. The maximum atomic E-state index is 14.9. The molecule has 2 aromatic carbocycles. The number of rotatable bonds is 6. The number of aromatic nitrogens is 2.